The van der Waals surface area contributed by atoms with E-state index in [9.17, 15) is 19.5 Å². The van der Waals surface area contributed by atoms with Gasteiger partial charge in [-0.3, -0.25) is 4.79 Å². The highest BCUT2D eigenvalue weighted by Crippen LogP contribution is 2.11. The summed E-state index contributed by atoms with van der Waals surface area (Å²) in [6.45, 7) is 5.49. The van der Waals surface area contributed by atoms with Crippen LogP contribution in [0.1, 0.15) is 30.5 Å². The molecule has 0 radical (unpaired) electrons. The van der Waals surface area contributed by atoms with Crippen molar-refractivity contribution in [1.29, 1.82) is 0 Å². The lowest BCUT2D eigenvalue weighted by molar-refractivity contribution is -0.142. The third-order valence-corrected chi connectivity index (χ3v) is 4.74. The van der Waals surface area contributed by atoms with Crippen molar-refractivity contribution in [2.24, 2.45) is 5.92 Å². The fourth-order valence-corrected chi connectivity index (χ4v) is 2.95. The quantitative estimate of drug-likeness (QED) is 0.587. The van der Waals surface area contributed by atoms with Crippen LogP contribution in [0.5, 0.6) is 0 Å². The smallest absolute Gasteiger partial charge is 0.408 e. The second-order valence-electron chi connectivity index (χ2n) is 7.46. The van der Waals surface area contributed by atoms with Gasteiger partial charge in [0.05, 0.1) is 0 Å². The number of carboxylic acids is 1. The Morgan fingerprint density at radius 2 is 1.60 bits per heavy atom. The van der Waals surface area contributed by atoms with Gasteiger partial charge in [-0.2, -0.15) is 0 Å². The molecule has 0 saturated carbocycles. The Balaban J connectivity index is 1.99. The summed E-state index contributed by atoms with van der Waals surface area (Å²) in [5.74, 6) is -1.97. The number of nitrogens with one attached hydrogen (secondary N) is 2. The van der Waals surface area contributed by atoms with Crippen LogP contribution < -0.4 is 10.6 Å². The van der Waals surface area contributed by atoms with E-state index in [2.05, 4.69) is 10.6 Å². The molecule has 0 spiro atoms. The van der Waals surface area contributed by atoms with E-state index < -0.39 is 30.1 Å². The summed E-state index contributed by atoms with van der Waals surface area (Å²) >= 11 is 0. The van der Waals surface area contributed by atoms with Gasteiger partial charge in [0.1, 0.15) is 18.7 Å². The number of aliphatic carboxylic acids is 1. The third kappa shape index (κ3) is 6.92. The highest BCUT2D eigenvalue weighted by atomic mass is 16.5. The van der Waals surface area contributed by atoms with Crippen molar-refractivity contribution in [3.05, 3.63) is 71.3 Å². The monoisotopic (exact) mass is 412 g/mol. The van der Waals surface area contributed by atoms with Gasteiger partial charge in [0.15, 0.2) is 0 Å². The zero-order valence-corrected chi connectivity index (χ0v) is 17.4. The lowest BCUT2D eigenvalue weighted by Gasteiger charge is -2.24. The maximum Gasteiger partial charge on any atom is 0.408 e. The summed E-state index contributed by atoms with van der Waals surface area (Å²) in [6.07, 6.45) is -0.588. The van der Waals surface area contributed by atoms with E-state index in [4.69, 9.17) is 4.74 Å². The average Bonchev–Trinajstić information content (AvgIpc) is 2.71. The fraction of sp³-hybridized carbons (Fsp3) is 0.348. The number of hydrogen-bond acceptors (Lipinski definition) is 4. The topological polar surface area (TPSA) is 105 Å². The first-order chi connectivity index (χ1) is 14.3. The number of carboxylic acid groups (broad SMARTS) is 1. The summed E-state index contributed by atoms with van der Waals surface area (Å²) < 4.78 is 5.18. The molecule has 30 heavy (non-hydrogen) atoms. The molecule has 2 aromatic carbocycles. The minimum Gasteiger partial charge on any atom is -0.480 e. The summed E-state index contributed by atoms with van der Waals surface area (Å²) in [5.41, 5.74) is 2.60. The minimum atomic E-state index is -1.14. The van der Waals surface area contributed by atoms with Gasteiger partial charge in [-0.1, -0.05) is 68.4 Å². The SMILES string of the molecule is Cc1ccccc1C[C@@H](NC(=O)[C@@H](NC(=O)OCc1ccccc1)C(C)C)C(=O)O. The number of amides is 2. The second-order valence-corrected chi connectivity index (χ2v) is 7.46. The first-order valence-corrected chi connectivity index (χ1v) is 9.82. The molecule has 0 saturated heterocycles. The van der Waals surface area contributed by atoms with Gasteiger partial charge in [-0.15, -0.1) is 0 Å². The van der Waals surface area contributed by atoms with Gasteiger partial charge < -0.3 is 20.5 Å². The zero-order chi connectivity index (χ0) is 22.1. The van der Waals surface area contributed by atoms with Crippen molar-refractivity contribution in [3.63, 3.8) is 0 Å². The van der Waals surface area contributed by atoms with Crippen LogP contribution in [0.4, 0.5) is 4.79 Å². The summed E-state index contributed by atoms with van der Waals surface area (Å²) in [5, 5.41) is 14.6. The number of alkyl carbamates (subject to hydrolysis) is 1. The molecule has 0 aliphatic heterocycles. The van der Waals surface area contributed by atoms with E-state index in [-0.39, 0.29) is 18.9 Å². The Bertz CT molecular complexity index is 867. The molecule has 3 N–H and O–H groups in total. The Morgan fingerprint density at radius 3 is 2.20 bits per heavy atom. The Hall–Kier alpha value is -3.35. The maximum atomic E-state index is 12.7. The summed E-state index contributed by atoms with van der Waals surface area (Å²) in [6, 6.07) is 14.5. The Morgan fingerprint density at radius 1 is 0.967 bits per heavy atom. The van der Waals surface area contributed by atoms with Crippen molar-refractivity contribution in [1.82, 2.24) is 10.6 Å². The molecule has 0 heterocycles. The van der Waals surface area contributed by atoms with Crippen LogP contribution in [-0.4, -0.2) is 35.2 Å². The number of aryl methyl sites for hydroxylation is 1. The van der Waals surface area contributed by atoms with Crippen LogP contribution >= 0.6 is 0 Å². The molecular weight excluding hydrogens is 384 g/mol. The van der Waals surface area contributed by atoms with Gasteiger partial charge in [0.25, 0.3) is 0 Å². The van der Waals surface area contributed by atoms with Crippen molar-refractivity contribution in [2.75, 3.05) is 0 Å². The van der Waals surface area contributed by atoms with Gasteiger partial charge in [-0.05, 0) is 29.5 Å². The third-order valence-electron chi connectivity index (χ3n) is 4.74. The Labute approximate surface area is 176 Å². The Kier molecular flexibility index (Phi) is 8.41. The molecule has 0 aliphatic carbocycles. The lowest BCUT2D eigenvalue weighted by Crippen LogP contribution is -2.54. The van der Waals surface area contributed by atoms with E-state index in [0.29, 0.717) is 0 Å². The first-order valence-electron chi connectivity index (χ1n) is 9.82. The predicted molar refractivity (Wildman–Crippen MR) is 113 cm³/mol. The number of carbonyl (C=O) groups excluding carboxylic acids is 2. The van der Waals surface area contributed by atoms with Crippen LogP contribution in [0.2, 0.25) is 0 Å². The van der Waals surface area contributed by atoms with Crippen LogP contribution in [0.25, 0.3) is 0 Å². The predicted octanol–water partition coefficient (Wildman–Crippen LogP) is 3.06. The van der Waals surface area contributed by atoms with Crippen LogP contribution in [0.15, 0.2) is 54.6 Å². The fourth-order valence-electron chi connectivity index (χ4n) is 2.95. The van der Waals surface area contributed by atoms with Gasteiger partial charge in [0.2, 0.25) is 5.91 Å². The van der Waals surface area contributed by atoms with Crippen molar-refractivity contribution in [3.8, 4) is 0 Å². The molecule has 7 nitrogen and oxygen atoms in total. The summed E-state index contributed by atoms with van der Waals surface area (Å²) in [7, 11) is 0. The number of rotatable bonds is 9. The molecule has 0 aliphatic rings. The summed E-state index contributed by atoms with van der Waals surface area (Å²) in [4.78, 5) is 36.6. The van der Waals surface area contributed by atoms with E-state index in [1.807, 2.05) is 61.5 Å². The molecule has 0 unspecified atom stereocenters. The number of hydrogen-bond donors (Lipinski definition) is 3. The minimum absolute atomic E-state index is 0.0736. The molecule has 0 aromatic heterocycles. The highest BCUT2D eigenvalue weighted by molar-refractivity contribution is 5.89. The molecule has 2 atom stereocenters. The normalized spacial score (nSPS) is 12.7. The van der Waals surface area contributed by atoms with Crippen LogP contribution in [-0.2, 0) is 27.4 Å². The molecular formula is C23H28N2O5. The average molecular weight is 412 g/mol. The molecule has 0 fully saturated rings. The standard InChI is InChI=1S/C23H28N2O5/c1-15(2)20(25-23(29)30-14-17-10-5-4-6-11-17)21(26)24-19(22(27)28)13-18-12-8-7-9-16(18)3/h4-12,15,19-20H,13-14H2,1-3H3,(H,24,26)(H,25,29)(H,27,28)/t19-,20+/m1/s1. The number of benzene rings is 2. The first kappa shape index (κ1) is 22.9. The maximum absolute atomic E-state index is 12.7. The molecule has 0 bridgehead atoms. The van der Waals surface area contributed by atoms with E-state index in [0.717, 1.165) is 16.7 Å². The van der Waals surface area contributed by atoms with Gasteiger partial charge >= 0.3 is 12.1 Å². The van der Waals surface area contributed by atoms with Crippen molar-refractivity contribution >= 4 is 18.0 Å². The molecule has 160 valence electrons. The largest absolute Gasteiger partial charge is 0.480 e. The van der Waals surface area contributed by atoms with E-state index in [1.54, 1.807) is 13.8 Å². The van der Waals surface area contributed by atoms with E-state index >= 15 is 0 Å². The lowest BCUT2D eigenvalue weighted by atomic mass is 9.99. The molecule has 2 aromatic rings. The van der Waals surface area contributed by atoms with E-state index in [1.165, 1.54) is 0 Å². The second kappa shape index (κ2) is 11.0. The van der Waals surface area contributed by atoms with Crippen molar-refractivity contribution < 1.29 is 24.2 Å². The van der Waals surface area contributed by atoms with Gasteiger partial charge in [-0.25, -0.2) is 9.59 Å². The molecule has 2 amide bonds. The molecule has 7 heteroatoms. The number of carbonyl (C=O) groups is 3. The van der Waals surface area contributed by atoms with Crippen molar-refractivity contribution in [2.45, 2.75) is 45.9 Å². The van der Waals surface area contributed by atoms with Gasteiger partial charge in [0, 0.05) is 6.42 Å². The zero-order valence-electron chi connectivity index (χ0n) is 17.4. The number of ether oxygens (including phenoxy) is 1. The van der Waals surface area contributed by atoms with Crippen LogP contribution in [0, 0.1) is 12.8 Å². The van der Waals surface area contributed by atoms with Crippen LogP contribution in [0.3, 0.4) is 0 Å². The molecule has 2 rings (SSSR count). The highest BCUT2D eigenvalue weighted by Gasteiger charge is 2.29.